The maximum absolute atomic E-state index is 13.9. The number of nitrogens with one attached hydrogen (secondary N) is 1. The minimum atomic E-state index is -0.524. The van der Waals surface area contributed by atoms with E-state index in [9.17, 15) is 13.6 Å². The number of carbonyl (C=O) groups is 1. The summed E-state index contributed by atoms with van der Waals surface area (Å²) in [7, 11) is 1.46. The quantitative estimate of drug-likeness (QED) is 0.881. The fourth-order valence-electron chi connectivity index (χ4n) is 2.03. The summed E-state index contributed by atoms with van der Waals surface area (Å²) < 4.78 is 37.3. The maximum atomic E-state index is 13.9. The molecule has 0 heterocycles. The lowest BCUT2D eigenvalue weighted by atomic mass is 10.1. The number of amides is 1. The molecule has 4 nitrogen and oxygen atoms in total. The van der Waals surface area contributed by atoms with E-state index in [1.807, 2.05) is 0 Å². The fraction of sp³-hybridized carbons (Fsp3) is 0.235. The summed E-state index contributed by atoms with van der Waals surface area (Å²) >= 11 is 0. The molecule has 2 rings (SSSR count). The first-order chi connectivity index (χ1) is 11.0. The molecule has 0 aliphatic carbocycles. The van der Waals surface area contributed by atoms with Gasteiger partial charge < -0.3 is 14.8 Å². The van der Waals surface area contributed by atoms with Crippen molar-refractivity contribution in [3.63, 3.8) is 0 Å². The van der Waals surface area contributed by atoms with Crippen LogP contribution >= 0.6 is 0 Å². The topological polar surface area (TPSA) is 47.6 Å². The molecule has 0 aromatic heterocycles. The van der Waals surface area contributed by atoms with Crippen molar-refractivity contribution in [2.45, 2.75) is 13.5 Å². The number of halogens is 2. The predicted octanol–water partition coefficient (Wildman–Crippen LogP) is 3.76. The summed E-state index contributed by atoms with van der Waals surface area (Å²) in [5.74, 6) is -1.29. The normalized spacial score (nSPS) is 10.4. The number of rotatable bonds is 6. The van der Waals surface area contributed by atoms with Gasteiger partial charge in [0, 0.05) is 24.3 Å². The number of hydrogen-bond donors (Lipinski definition) is 1. The average molecular weight is 321 g/mol. The second kappa shape index (κ2) is 7.69. The molecule has 0 unspecified atom stereocenters. The largest absolute Gasteiger partial charge is 0.492 e. The highest BCUT2D eigenvalue weighted by molar-refractivity contribution is 6.05. The first kappa shape index (κ1) is 16.9. The van der Waals surface area contributed by atoms with Crippen molar-refractivity contribution < 1.29 is 23.0 Å². The average Bonchev–Trinajstić information content (AvgIpc) is 2.52. The molecule has 2 aromatic carbocycles. The molecule has 2 aromatic rings. The van der Waals surface area contributed by atoms with Gasteiger partial charge in [-0.25, -0.2) is 8.78 Å². The van der Waals surface area contributed by atoms with Gasteiger partial charge in [-0.2, -0.15) is 0 Å². The van der Waals surface area contributed by atoms with Crippen molar-refractivity contribution in [1.82, 2.24) is 0 Å². The van der Waals surface area contributed by atoms with Crippen molar-refractivity contribution in [1.29, 1.82) is 0 Å². The van der Waals surface area contributed by atoms with Gasteiger partial charge in [-0.3, -0.25) is 4.79 Å². The van der Waals surface area contributed by atoms with Gasteiger partial charge in [0.1, 0.15) is 17.4 Å². The monoisotopic (exact) mass is 321 g/mol. The van der Waals surface area contributed by atoms with Crippen molar-refractivity contribution in [2.75, 3.05) is 19.0 Å². The molecule has 0 aliphatic rings. The van der Waals surface area contributed by atoms with Crippen LogP contribution in [0.4, 0.5) is 14.5 Å². The van der Waals surface area contributed by atoms with Crippen LogP contribution in [-0.4, -0.2) is 19.6 Å². The highest BCUT2D eigenvalue weighted by Gasteiger charge is 2.13. The Kier molecular flexibility index (Phi) is 5.65. The number of benzene rings is 2. The SMILES string of the molecule is CCOc1cc(F)ccc1NC(=O)c1ccc(COC)c(F)c1. The molecule has 6 heteroatoms. The third kappa shape index (κ3) is 4.26. The molecule has 1 N–H and O–H groups in total. The minimum absolute atomic E-state index is 0.125. The molecule has 1 amide bonds. The third-order valence-corrected chi connectivity index (χ3v) is 3.11. The zero-order valence-corrected chi connectivity index (χ0v) is 12.9. The molecule has 0 fully saturated rings. The van der Waals surface area contributed by atoms with Crippen LogP contribution in [0.25, 0.3) is 0 Å². The van der Waals surface area contributed by atoms with E-state index >= 15 is 0 Å². The number of methoxy groups -OCH3 is 1. The van der Waals surface area contributed by atoms with E-state index < -0.39 is 17.5 Å². The van der Waals surface area contributed by atoms with E-state index in [2.05, 4.69) is 5.32 Å². The highest BCUT2D eigenvalue weighted by atomic mass is 19.1. The van der Waals surface area contributed by atoms with Crippen LogP contribution in [-0.2, 0) is 11.3 Å². The number of carbonyl (C=O) groups excluding carboxylic acids is 1. The van der Waals surface area contributed by atoms with Crippen LogP contribution in [0.3, 0.4) is 0 Å². The van der Waals surface area contributed by atoms with Gasteiger partial charge in [-0.1, -0.05) is 6.07 Å². The van der Waals surface area contributed by atoms with Gasteiger partial charge in [0.05, 0.1) is 18.9 Å². The Morgan fingerprint density at radius 3 is 2.61 bits per heavy atom. The fourth-order valence-corrected chi connectivity index (χ4v) is 2.03. The molecule has 122 valence electrons. The van der Waals surface area contributed by atoms with Gasteiger partial charge in [0.25, 0.3) is 5.91 Å². The summed E-state index contributed by atoms with van der Waals surface area (Å²) in [5, 5.41) is 2.59. The Balaban J connectivity index is 2.20. The summed E-state index contributed by atoms with van der Waals surface area (Å²) in [4.78, 5) is 12.2. The Labute approximate surface area is 133 Å². The Bertz CT molecular complexity index is 704. The Morgan fingerprint density at radius 1 is 1.17 bits per heavy atom. The number of hydrogen-bond acceptors (Lipinski definition) is 3. The Morgan fingerprint density at radius 2 is 1.96 bits per heavy atom. The lowest BCUT2D eigenvalue weighted by molar-refractivity contribution is 0.102. The second-order valence-electron chi connectivity index (χ2n) is 4.77. The molecule has 0 saturated heterocycles. The van der Waals surface area contributed by atoms with E-state index in [-0.39, 0.29) is 17.9 Å². The molecule has 0 spiro atoms. The second-order valence-corrected chi connectivity index (χ2v) is 4.77. The lowest BCUT2D eigenvalue weighted by Crippen LogP contribution is -2.13. The highest BCUT2D eigenvalue weighted by Crippen LogP contribution is 2.26. The number of ether oxygens (including phenoxy) is 2. The predicted molar refractivity (Wildman–Crippen MR) is 82.6 cm³/mol. The molecular formula is C17H17F2NO3. The van der Waals surface area contributed by atoms with E-state index in [4.69, 9.17) is 9.47 Å². The summed E-state index contributed by atoms with van der Waals surface area (Å²) in [5.41, 5.74) is 0.828. The summed E-state index contributed by atoms with van der Waals surface area (Å²) in [6, 6.07) is 7.90. The minimum Gasteiger partial charge on any atom is -0.492 e. The van der Waals surface area contributed by atoms with Crippen molar-refractivity contribution in [3.8, 4) is 5.75 Å². The lowest BCUT2D eigenvalue weighted by Gasteiger charge is -2.12. The van der Waals surface area contributed by atoms with Crippen LogP contribution in [0.15, 0.2) is 36.4 Å². The van der Waals surface area contributed by atoms with Crippen LogP contribution in [0.2, 0.25) is 0 Å². The third-order valence-electron chi connectivity index (χ3n) is 3.11. The molecule has 0 atom stereocenters. The van der Waals surface area contributed by atoms with Gasteiger partial charge >= 0.3 is 0 Å². The molecule has 23 heavy (non-hydrogen) atoms. The van der Waals surface area contributed by atoms with Gasteiger partial charge in [0.2, 0.25) is 0 Å². The molecule has 0 saturated carbocycles. The van der Waals surface area contributed by atoms with Gasteiger partial charge in [-0.15, -0.1) is 0 Å². The van der Waals surface area contributed by atoms with Crippen LogP contribution in [0.5, 0.6) is 5.75 Å². The van der Waals surface area contributed by atoms with Crippen molar-refractivity contribution >= 4 is 11.6 Å². The molecular weight excluding hydrogens is 304 g/mol. The van der Waals surface area contributed by atoms with E-state index in [0.29, 0.717) is 17.9 Å². The van der Waals surface area contributed by atoms with Crippen LogP contribution < -0.4 is 10.1 Å². The van der Waals surface area contributed by atoms with E-state index in [1.54, 1.807) is 6.92 Å². The molecule has 0 radical (unpaired) electrons. The van der Waals surface area contributed by atoms with Crippen molar-refractivity contribution in [2.24, 2.45) is 0 Å². The van der Waals surface area contributed by atoms with E-state index in [1.165, 1.54) is 37.4 Å². The zero-order chi connectivity index (χ0) is 16.8. The van der Waals surface area contributed by atoms with Gasteiger partial charge in [-0.05, 0) is 31.2 Å². The standard InChI is InChI=1S/C17H17F2NO3/c1-3-23-16-9-13(18)6-7-15(16)20-17(21)11-4-5-12(10-22-2)14(19)8-11/h4-9H,3,10H2,1-2H3,(H,20,21). The van der Waals surface area contributed by atoms with Crippen LogP contribution in [0.1, 0.15) is 22.8 Å². The molecule has 0 aliphatic heterocycles. The molecule has 0 bridgehead atoms. The smallest absolute Gasteiger partial charge is 0.255 e. The van der Waals surface area contributed by atoms with Gasteiger partial charge in [0.15, 0.2) is 0 Å². The zero-order valence-electron chi connectivity index (χ0n) is 12.9. The number of anilines is 1. The summed E-state index contributed by atoms with van der Waals surface area (Å²) in [6.07, 6.45) is 0. The Hall–Kier alpha value is -2.47. The first-order valence-corrected chi connectivity index (χ1v) is 7.06. The maximum Gasteiger partial charge on any atom is 0.255 e. The van der Waals surface area contributed by atoms with E-state index in [0.717, 1.165) is 6.07 Å². The summed E-state index contributed by atoms with van der Waals surface area (Å²) in [6.45, 7) is 2.20. The van der Waals surface area contributed by atoms with Crippen molar-refractivity contribution in [3.05, 3.63) is 59.2 Å². The van der Waals surface area contributed by atoms with Crippen LogP contribution in [0, 0.1) is 11.6 Å². The first-order valence-electron chi connectivity index (χ1n) is 7.06.